The quantitative estimate of drug-likeness (QED) is 0.796. The molecule has 2 rings (SSSR count). The Labute approximate surface area is 128 Å². The Kier molecular flexibility index (Phi) is 5.19. The standard InChI is InChI=1S/C16H18N2O4/c1-3-22-10-9-13-14(16(19)20)17-18(15(13)21-2)11-12-7-5-4-6-8-12/h4-10H,3,11H2,1-2H3,(H,19,20)/b10-9+. The molecule has 0 aliphatic heterocycles. The van der Waals surface area contributed by atoms with Gasteiger partial charge in [-0.3, -0.25) is 0 Å². The lowest BCUT2D eigenvalue weighted by Gasteiger charge is -2.06. The molecule has 0 fully saturated rings. The highest BCUT2D eigenvalue weighted by atomic mass is 16.5. The summed E-state index contributed by atoms with van der Waals surface area (Å²) in [5.74, 6) is -0.724. The highest BCUT2D eigenvalue weighted by molar-refractivity contribution is 5.91. The fourth-order valence-electron chi connectivity index (χ4n) is 2.06. The first-order chi connectivity index (χ1) is 10.7. The lowest BCUT2D eigenvalue weighted by atomic mass is 10.2. The van der Waals surface area contributed by atoms with E-state index < -0.39 is 5.97 Å². The molecular formula is C16H18N2O4. The van der Waals surface area contributed by atoms with Gasteiger partial charge in [0.05, 0.1) is 32.1 Å². The van der Waals surface area contributed by atoms with Gasteiger partial charge >= 0.3 is 5.97 Å². The molecule has 0 aliphatic rings. The normalized spacial score (nSPS) is 10.8. The minimum absolute atomic E-state index is 0.0660. The molecule has 1 aromatic carbocycles. The second-order valence-electron chi connectivity index (χ2n) is 4.48. The third kappa shape index (κ3) is 3.46. The van der Waals surface area contributed by atoms with Crippen LogP contribution in [-0.4, -0.2) is 34.6 Å². The fourth-order valence-corrected chi connectivity index (χ4v) is 2.06. The van der Waals surface area contributed by atoms with Crippen molar-refractivity contribution in [2.45, 2.75) is 13.5 Å². The highest BCUT2D eigenvalue weighted by Gasteiger charge is 2.21. The number of hydrogen-bond acceptors (Lipinski definition) is 4. The van der Waals surface area contributed by atoms with Crippen molar-refractivity contribution in [3.8, 4) is 5.88 Å². The van der Waals surface area contributed by atoms with Gasteiger partial charge in [0, 0.05) is 0 Å². The minimum Gasteiger partial charge on any atom is -0.501 e. The Bertz CT molecular complexity index is 662. The predicted octanol–water partition coefficient (Wildman–Crippen LogP) is 2.65. The maximum absolute atomic E-state index is 11.4. The largest absolute Gasteiger partial charge is 0.501 e. The van der Waals surface area contributed by atoms with Crippen molar-refractivity contribution in [1.29, 1.82) is 0 Å². The zero-order valence-corrected chi connectivity index (χ0v) is 12.5. The van der Waals surface area contributed by atoms with E-state index in [4.69, 9.17) is 9.47 Å². The van der Waals surface area contributed by atoms with Crippen molar-refractivity contribution in [3.05, 3.63) is 53.4 Å². The molecule has 1 N–H and O–H groups in total. The smallest absolute Gasteiger partial charge is 0.357 e. The van der Waals surface area contributed by atoms with Crippen molar-refractivity contribution < 1.29 is 19.4 Å². The van der Waals surface area contributed by atoms with Crippen LogP contribution in [0.3, 0.4) is 0 Å². The van der Waals surface area contributed by atoms with Crippen LogP contribution in [0.2, 0.25) is 0 Å². The Hall–Kier alpha value is -2.76. The van der Waals surface area contributed by atoms with Crippen molar-refractivity contribution in [3.63, 3.8) is 0 Å². The third-order valence-electron chi connectivity index (χ3n) is 3.01. The first-order valence-corrected chi connectivity index (χ1v) is 6.87. The molecule has 1 heterocycles. The molecule has 1 aromatic heterocycles. The Morgan fingerprint density at radius 1 is 1.36 bits per heavy atom. The number of rotatable bonds is 7. The van der Waals surface area contributed by atoms with E-state index in [0.29, 0.717) is 24.6 Å². The molecule has 0 saturated carbocycles. The molecule has 0 spiro atoms. The summed E-state index contributed by atoms with van der Waals surface area (Å²) in [5, 5.41) is 13.5. The van der Waals surface area contributed by atoms with E-state index in [1.165, 1.54) is 18.1 Å². The lowest BCUT2D eigenvalue weighted by Crippen LogP contribution is -2.05. The molecule has 116 valence electrons. The zero-order chi connectivity index (χ0) is 15.9. The van der Waals surface area contributed by atoms with Crippen molar-refractivity contribution in [2.75, 3.05) is 13.7 Å². The highest BCUT2D eigenvalue weighted by Crippen LogP contribution is 2.25. The number of ether oxygens (including phenoxy) is 2. The topological polar surface area (TPSA) is 73.6 Å². The van der Waals surface area contributed by atoms with Crippen molar-refractivity contribution in [1.82, 2.24) is 9.78 Å². The van der Waals surface area contributed by atoms with Gasteiger partial charge < -0.3 is 14.6 Å². The number of nitrogens with zero attached hydrogens (tertiary/aromatic N) is 2. The van der Waals surface area contributed by atoms with Crippen molar-refractivity contribution >= 4 is 12.0 Å². The first-order valence-electron chi connectivity index (χ1n) is 6.87. The second-order valence-corrected chi connectivity index (χ2v) is 4.48. The Morgan fingerprint density at radius 3 is 2.68 bits per heavy atom. The summed E-state index contributed by atoms with van der Waals surface area (Å²) in [6.07, 6.45) is 3.00. The van der Waals surface area contributed by atoms with Gasteiger partial charge in [-0.25, -0.2) is 9.48 Å². The van der Waals surface area contributed by atoms with E-state index in [1.54, 1.807) is 6.08 Å². The van der Waals surface area contributed by atoms with E-state index in [0.717, 1.165) is 5.56 Å². The van der Waals surface area contributed by atoms with Crippen LogP contribution < -0.4 is 4.74 Å². The van der Waals surface area contributed by atoms with Gasteiger partial charge in [-0.2, -0.15) is 5.10 Å². The number of methoxy groups -OCH3 is 1. The number of carboxylic acids is 1. The molecule has 6 heteroatoms. The summed E-state index contributed by atoms with van der Waals surface area (Å²) in [6.45, 7) is 2.77. The number of carbonyl (C=O) groups is 1. The number of carboxylic acid groups (broad SMARTS) is 1. The predicted molar refractivity (Wildman–Crippen MR) is 81.9 cm³/mol. The van der Waals surface area contributed by atoms with Crippen LogP contribution in [0.25, 0.3) is 6.08 Å². The SMILES string of the molecule is CCO/C=C/c1c(C(=O)O)nn(Cc2ccccc2)c1OC. The lowest BCUT2D eigenvalue weighted by molar-refractivity contribution is 0.0689. The summed E-state index contributed by atoms with van der Waals surface area (Å²) in [6, 6.07) is 9.63. The van der Waals surface area contributed by atoms with Crippen LogP contribution in [-0.2, 0) is 11.3 Å². The van der Waals surface area contributed by atoms with Crippen molar-refractivity contribution in [2.24, 2.45) is 0 Å². The van der Waals surface area contributed by atoms with E-state index in [2.05, 4.69) is 5.10 Å². The van der Waals surface area contributed by atoms with Crippen LogP contribution in [0.15, 0.2) is 36.6 Å². The van der Waals surface area contributed by atoms with E-state index in [1.807, 2.05) is 37.3 Å². The van der Waals surface area contributed by atoms with Gasteiger partial charge in [-0.05, 0) is 18.6 Å². The molecule has 0 saturated heterocycles. The molecule has 22 heavy (non-hydrogen) atoms. The van der Waals surface area contributed by atoms with Crippen LogP contribution in [0, 0.1) is 0 Å². The number of aromatic carboxylic acids is 1. The van der Waals surface area contributed by atoms with E-state index in [-0.39, 0.29) is 5.69 Å². The number of hydrogen-bond donors (Lipinski definition) is 1. The third-order valence-corrected chi connectivity index (χ3v) is 3.01. The first kappa shape index (κ1) is 15.6. The average molecular weight is 302 g/mol. The molecule has 0 aliphatic carbocycles. The summed E-state index contributed by atoms with van der Waals surface area (Å²) in [7, 11) is 1.49. The molecule has 2 aromatic rings. The Balaban J connectivity index is 2.41. The van der Waals surface area contributed by atoms with E-state index >= 15 is 0 Å². The number of aromatic nitrogens is 2. The van der Waals surface area contributed by atoms with Crippen LogP contribution in [0.5, 0.6) is 5.88 Å². The van der Waals surface area contributed by atoms with Gasteiger partial charge in [0.25, 0.3) is 0 Å². The minimum atomic E-state index is -1.11. The van der Waals surface area contributed by atoms with Gasteiger partial charge in [0.2, 0.25) is 5.88 Å². The molecule has 6 nitrogen and oxygen atoms in total. The average Bonchev–Trinajstić information content (AvgIpc) is 2.86. The molecule has 0 unspecified atom stereocenters. The molecule has 0 amide bonds. The molecule has 0 radical (unpaired) electrons. The monoisotopic (exact) mass is 302 g/mol. The van der Waals surface area contributed by atoms with Gasteiger partial charge in [-0.15, -0.1) is 0 Å². The van der Waals surface area contributed by atoms with Crippen LogP contribution >= 0.6 is 0 Å². The maximum Gasteiger partial charge on any atom is 0.357 e. The molecule has 0 atom stereocenters. The molecule has 0 bridgehead atoms. The maximum atomic E-state index is 11.4. The summed E-state index contributed by atoms with van der Waals surface area (Å²) >= 11 is 0. The van der Waals surface area contributed by atoms with Gasteiger partial charge in [0.15, 0.2) is 5.69 Å². The summed E-state index contributed by atoms with van der Waals surface area (Å²) < 4.78 is 12.0. The van der Waals surface area contributed by atoms with Gasteiger partial charge in [0.1, 0.15) is 0 Å². The fraction of sp³-hybridized carbons (Fsp3) is 0.250. The zero-order valence-electron chi connectivity index (χ0n) is 12.5. The van der Waals surface area contributed by atoms with E-state index in [9.17, 15) is 9.90 Å². The van der Waals surface area contributed by atoms with Gasteiger partial charge in [-0.1, -0.05) is 30.3 Å². The van der Waals surface area contributed by atoms with Crippen LogP contribution in [0.1, 0.15) is 28.5 Å². The number of benzene rings is 1. The summed E-state index contributed by atoms with van der Waals surface area (Å²) in [5.41, 5.74) is 1.32. The summed E-state index contributed by atoms with van der Waals surface area (Å²) in [4.78, 5) is 11.4. The second kappa shape index (κ2) is 7.31. The van der Waals surface area contributed by atoms with Crippen LogP contribution in [0.4, 0.5) is 0 Å². The Morgan fingerprint density at radius 2 is 2.09 bits per heavy atom. The molecular weight excluding hydrogens is 284 g/mol.